The van der Waals surface area contributed by atoms with Crippen LogP contribution >= 0.6 is 11.6 Å². The predicted molar refractivity (Wildman–Crippen MR) is 88.9 cm³/mol. The van der Waals surface area contributed by atoms with E-state index in [0.717, 1.165) is 11.3 Å². The Balaban J connectivity index is 1.70. The van der Waals surface area contributed by atoms with Gasteiger partial charge in [0.15, 0.2) is 11.5 Å². The van der Waals surface area contributed by atoms with E-state index in [1.807, 2.05) is 24.3 Å². The van der Waals surface area contributed by atoms with Crippen LogP contribution in [0, 0.1) is 0 Å². The second-order valence-electron chi connectivity index (χ2n) is 5.06. The third kappa shape index (κ3) is 2.66. The third-order valence-corrected chi connectivity index (χ3v) is 3.75. The zero-order valence-corrected chi connectivity index (χ0v) is 12.6. The SMILES string of the molecule is O=c1[nH]c(/C=C/c2ccc3c(c2)OCO3)nc2ccc(Cl)cc12. The molecule has 0 spiro atoms. The Morgan fingerprint density at radius 1 is 1.09 bits per heavy atom. The average molecular weight is 327 g/mol. The topological polar surface area (TPSA) is 64.2 Å². The minimum Gasteiger partial charge on any atom is -0.454 e. The number of aromatic nitrogens is 2. The molecule has 6 heteroatoms. The number of ether oxygens (including phenoxy) is 2. The lowest BCUT2D eigenvalue weighted by Crippen LogP contribution is -2.09. The number of rotatable bonds is 2. The Morgan fingerprint density at radius 3 is 2.87 bits per heavy atom. The fraction of sp³-hybridized carbons (Fsp3) is 0.0588. The van der Waals surface area contributed by atoms with Crippen LogP contribution in [0.3, 0.4) is 0 Å². The van der Waals surface area contributed by atoms with Crippen molar-refractivity contribution in [1.29, 1.82) is 0 Å². The Kier molecular flexibility index (Phi) is 3.28. The standard InChI is InChI=1S/C17H11ClN2O3/c18-11-3-4-13-12(8-11)17(21)20-16(19-13)6-2-10-1-5-14-15(7-10)23-9-22-14/h1-8H,9H2,(H,19,20,21)/b6-2+. The van der Waals surface area contributed by atoms with E-state index in [9.17, 15) is 4.79 Å². The summed E-state index contributed by atoms with van der Waals surface area (Å²) in [6.07, 6.45) is 3.59. The van der Waals surface area contributed by atoms with Crippen molar-refractivity contribution in [2.75, 3.05) is 6.79 Å². The normalized spacial score (nSPS) is 13.1. The number of hydrogen-bond acceptors (Lipinski definition) is 4. The lowest BCUT2D eigenvalue weighted by Gasteiger charge is -2.00. The molecule has 4 rings (SSSR count). The van der Waals surface area contributed by atoms with Gasteiger partial charge in [-0.05, 0) is 42.0 Å². The highest BCUT2D eigenvalue weighted by Gasteiger charge is 2.12. The highest BCUT2D eigenvalue weighted by atomic mass is 35.5. The molecule has 0 aliphatic carbocycles. The molecule has 0 bridgehead atoms. The third-order valence-electron chi connectivity index (χ3n) is 3.52. The molecular weight excluding hydrogens is 316 g/mol. The fourth-order valence-corrected chi connectivity index (χ4v) is 2.57. The van der Waals surface area contributed by atoms with E-state index >= 15 is 0 Å². The monoisotopic (exact) mass is 326 g/mol. The number of halogens is 1. The second-order valence-corrected chi connectivity index (χ2v) is 5.50. The summed E-state index contributed by atoms with van der Waals surface area (Å²) in [6.45, 7) is 0.241. The molecule has 0 saturated heterocycles. The molecule has 1 aromatic heterocycles. The van der Waals surface area contributed by atoms with Crippen LogP contribution in [0.1, 0.15) is 11.4 Å². The van der Waals surface area contributed by atoms with Crippen LogP contribution in [0.15, 0.2) is 41.2 Å². The van der Waals surface area contributed by atoms with E-state index < -0.39 is 0 Å². The van der Waals surface area contributed by atoms with Crippen molar-refractivity contribution in [3.05, 3.63) is 63.2 Å². The molecule has 2 aromatic carbocycles. The summed E-state index contributed by atoms with van der Waals surface area (Å²) in [5.74, 6) is 1.92. The van der Waals surface area contributed by atoms with Crippen molar-refractivity contribution in [3.63, 3.8) is 0 Å². The van der Waals surface area contributed by atoms with Gasteiger partial charge in [-0.25, -0.2) is 4.98 Å². The van der Waals surface area contributed by atoms with Gasteiger partial charge in [0.1, 0.15) is 5.82 Å². The molecule has 0 amide bonds. The van der Waals surface area contributed by atoms with E-state index in [1.165, 1.54) is 0 Å². The number of nitrogens with one attached hydrogen (secondary N) is 1. The van der Waals surface area contributed by atoms with Gasteiger partial charge in [0.25, 0.3) is 5.56 Å². The number of H-pyrrole nitrogens is 1. The second kappa shape index (κ2) is 5.44. The van der Waals surface area contributed by atoms with Crippen molar-refractivity contribution in [1.82, 2.24) is 9.97 Å². The van der Waals surface area contributed by atoms with E-state index in [-0.39, 0.29) is 12.4 Å². The minimum absolute atomic E-state index is 0.220. The van der Waals surface area contributed by atoms with Crippen LogP contribution in [0.5, 0.6) is 11.5 Å². The Hall–Kier alpha value is -2.79. The summed E-state index contributed by atoms with van der Waals surface area (Å²) in [6, 6.07) is 10.7. The lowest BCUT2D eigenvalue weighted by atomic mass is 10.2. The zero-order chi connectivity index (χ0) is 15.8. The molecule has 0 saturated carbocycles. The van der Waals surface area contributed by atoms with Crippen molar-refractivity contribution >= 4 is 34.7 Å². The molecule has 0 radical (unpaired) electrons. The summed E-state index contributed by atoms with van der Waals surface area (Å²) in [7, 11) is 0. The molecule has 5 nitrogen and oxygen atoms in total. The maximum atomic E-state index is 12.1. The van der Waals surface area contributed by atoms with Gasteiger partial charge in [0, 0.05) is 5.02 Å². The van der Waals surface area contributed by atoms with E-state index in [0.29, 0.717) is 27.5 Å². The zero-order valence-electron chi connectivity index (χ0n) is 11.9. The van der Waals surface area contributed by atoms with E-state index in [1.54, 1.807) is 24.3 Å². The van der Waals surface area contributed by atoms with Crippen molar-refractivity contribution in [2.45, 2.75) is 0 Å². The largest absolute Gasteiger partial charge is 0.454 e. The van der Waals surface area contributed by atoms with Crippen molar-refractivity contribution < 1.29 is 9.47 Å². The van der Waals surface area contributed by atoms with Gasteiger partial charge in [-0.3, -0.25) is 4.79 Å². The molecule has 23 heavy (non-hydrogen) atoms. The summed E-state index contributed by atoms with van der Waals surface area (Å²) >= 11 is 5.90. The van der Waals surface area contributed by atoms with Crippen LogP contribution in [0.2, 0.25) is 5.02 Å². The summed E-state index contributed by atoms with van der Waals surface area (Å²) in [5.41, 5.74) is 1.31. The quantitative estimate of drug-likeness (QED) is 0.783. The van der Waals surface area contributed by atoms with Gasteiger partial charge in [-0.15, -0.1) is 0 Å². The summed E-state index contributed by atoms with van der Waals surface area (Å²) in [5, 5.41) is 0.978. The minimum atomic E-state index is -0.220. The number of hydrogen-bond donors (Lipinski definition) is 1. The first kappa shape index (κ1) is 13.8. The molecular formula is C17H11ClN2O3. The molecule has 0 fully saturated rings. The predicted octanol–water partition coefficient (Wildman–Crippen LogP) is 3.48. The van der Waals surface area contributed by atoms with Crippen LogP contribution in [0.4, 0.5) is 0 Å². The molecule has 1 N–H and O–H groups in total. The molecule has 0 unspecified atom stereocenters. The van der Waals surface area contributed by atoms with Gasteiger partial charge in [-0.2, -0.15) is 0 Å². The maximum Gasteiger partial charge on any atom is 0.259 e. The van der Waals surface area contributed by atoms with Crippen molar-refractivity contribution in [3.8, 4) is 11.5 Å². The fourth-order valence-electron chi connectivity index (χ4n) is 2.40. The Labute approximate surface area is 136 Å². The Morgan fingerprint density at radius 2 is 1.96 bits per heavy atom. The van der Waals surface area contributed by atoms with Crippen LogP contribution < -0.4 is 15.0 Å². The molecule has 1 aliphatic heterocycles. The first-order valence-electron chi connectivity index (χ1n) is 6.96. The van der Waals surface area contributed by atoms with E-state index in [4.69, 9.17) is 21.1 Å². The summed E-state index contributed by atoms with van der Waals surface area (Å²) < 4.78 is 10.6. The van der Waals surface area contributed by atoms with Crippen LogP contribution in [-0.2, 0) is 0 Å². The maximum absolute atomic E-state index is 12.1. The number of nitrogens with zero attached hydrogens (tertiary/aromatic N) is 1. The first-order chi connectivity index (χ1) is 11.2. The Bertz CT molecular complexity index is 995. The highest BCUT2D eigenvalue weighted by molar-refractivity contribution is 6.31. The summed E-state index contributed by atoms with van der Waals surface area (Å²) in [4.78, 5) is 19.2. The van der Waals surface area contributed by atoms with Crippen molar-refractivity contribution in [2.24, 2.45) is 0 Å². The highest BCUT2D eigenvalue weighted by Crippen LogP contribution is 2.32. The van der Waals surface area contributed by atoms with Gasteiger partial charge < -0.3 is 14.5 Å². The molecule has 0 atom stereocenters. The van der Waals surface area contributed by atoms with Gasteiger partial charge >= 0.3 is 0 Å². The van der Waals surface area contributed by atoms with E-state index in [2.05, 4.69) is 9.97 Å². The molecule has 1 aliphatic rings. The molecule has 114 valence electrons. The lowest BCUT2D eigenvalue weighted by molar-refractivity contribution is 0.174. The van der Waals surface area contributed by atoms with Crippen LogP contribution in [-0.4, -0.2) is 16.8 Å². The number of benzene rings is 2. The molecule has 3 aromatic rings. The molecule has 2 heterocycles. The average Bonchev–Trinajstić information content (AvgIpc) is 3.01. The smallest absolute Gasteiger partial charge is 0.259 e. The van der Waals surface area contributed by atoms with Gasteiger partial charge in [-0.1, -0.05) is 23.7 Å². The number of fused-ring (bicyclic) bond motifs is 2. The first-order valence-corrected chi connectivity index (χ1v) is 7.34. The van der Waals surface area contributed by atoms with Gasteiger partial charge in [0.2, 0.25) is 6.79 Å². The number of aromatic amines is 1. The van der Waals surface area contributed by atoms with Gasteiger partial charge in [0.05, 0.1) is 10.9 Å². The van der Waals surface area contributed by atoms with Crippen LogP contribution in [0.25, 0.3) is 23.1 Å².